The van der Waals surface area contributed by atoms with Crippen LogP contribution in [-0.2, 0) is 11.0 Å². The van der Waals surface area contributed by atoms with Gasteiger partial charge in [-0.05, 0) is 22.0 Å². The van der Waals surface area contributed by atoms with Gasteiger partial charge in [0.2, 0.25) is 5.91 Å². The van der Waals surface area contributed by atoms with E-state index in [1.165, 1.54) is 0 Å². The van der Waals surface area contributed by atoms with E-state index in [1.807, 2.05) is 0 Å². The van der Waals surface area contributed by atoms with Crippen LogP contribution in [0.3, 0.4) is 0 Å². The molecule has 0 aliphatic heterocycles. The number of aliphatic hydroxyl groups is 1. The van der Waals surface area contributed by atoms with Crippen molar-refractivity contribution in [2.75, 3.05) is 11.9 Å². The zero-order chi connectivity index (χ0) is 13.9. The lowest BCUT2D eigenvalue weighted by molar-refractivity contribution is -0.137. The standard InChI is InChI=1S/C9H9BrF3N3O2/c10-4-1-5(9(11,12)13)8(15-2-4)16-3-6(17)7(14)18/h1-2,6,17H,3H2,(H2,14,18)(H,15,16). The lowest BCUT2D eigenvalue weighted by Crippen LogP contribution is -2.34. The number of amides is 1. The normalized spacial score (nSPS) is 13.2. The zero-order valence-corrected chi connectivity index (χ0v) is 10.4. The Morgan fingerprint density at radius 3 is 2.72 bits per heavy atom. The molecule has 0 radical (unpaired) electrons. The van der Waals surface area contributed by atoms with E-state index in [2.05, 4.69) is 26.2 Å². The number of aromatic nitrogens is 1. The molecule has 0 aliphatic rings. The van der Waals surface area contributed by atoms with Gasteiger partial charge in [-0.25, -0.2) is 4.98 Å². The quantitative estimate of drug-likeness (QED) is 0.773. The first-order valence-electron chi connectivity index (χ1n) is 4.66. The Balaban J connectivity index is 2.92. The molecule has 1 amide bonds. The number of rotatable bonds is 4. The van der Waals surface area contributed by atoms with Crippen LogP contribution in [0.15, 0.2) is 16.7 Å². The van der Waals surface area contributed by atoms with Gasteiger partial charge in [-0.15, -0.1) is 0 Å². The lowest BCUT2D eigenvalue weighted by Gasteiger charge is -2.15. The van der Waals surface area contributed by atoms with Crippen molar-refractivity contribution in [3.8, 4) is 0 Å². The number of pyridine rings is 1. The Kier molecular flexibility index (Phi) is 4.52. The second-order valence-electron chi connectivity index (χ2n) is 3.35. The van der Waals surface area contributed by atoms with Crippen molar-refractivity contribution in [2.45, 2.75) is 12.3 Å². The van der Waals surface area contributed by atoms with Crippen molar-refractivity contribution in [3.63, 3.8) is 0 Å². The molecule has 1 rings (SSSR count). The number of primary amides is 1. The second-order valence-corrected chi connectivity index (χ2v) is 4.26. The Bertz CT molecular complexity index is 453. The molecule has 9 heteroatoms. The number of anilines is 1. The summed E-state index contributed by atoms with van der Waals surface area (Å²) in [5.41, 5.74) is 3.76. The molecule has 1 aromatic rings. The maximum Gasteiger partial charge on any atom is 0.419 e. The van der Waals surface area contributed by atoms with Gasteiger partial charge in [0.15, 0.2) is 0 Å². The second kappa shape index (κ2) is 5.53. The first kappa shape index (κ1) is 14.7. The molecule has 0 aromatic carbocycles. The van der Waals surface area contributed by atoms with Crippen LogP contribution in [0, 0.1) is 0 Å². The largest absolute Gasteiger partial charge is 0.419 e. The number of alkyl halides is 3. The molecule has 0 saturated heterocycles. The fraction of sp³-hybridized carbons (Fsp3) is 0.333. The number of carbonyl (C=O) groups is 1. The first-order valence-corrected chi connectivity index (χ1v) is 5.45. The number of hydrogen-bond acceptors (Lipinski definition) is 4. The van der Waals surface area contributed by atoms with Crippen molar-refractivity contribution in [1.29, 1.82) is 0 Å². The molecule has 0 spiro atoms. The van der Waals surface area contributed by atoms with Crippen molar-refractivity contribution < 1.29 is 23.1 Å². The van der Waals surface area contributed by atoms with Gasteiger partial charge in [0.1, 0.15) is 11.9 Å². The molecular formula is C9H9BrF3N3O2. The van der Waals surface area contributed by atoms with Crippen molar-refractivity contribution in [2.24, 2.45) is 5.73 Å². The number of halogens is 4. The lowest BCUT2D eigenvalue weighted by atomic mass is 10.2. The van der Waals surface area contributed by atoms with E-state index in [0.717, 1.165) is 12.3 Å². The molecule has 1 heterocycles. The summed E-state index contributed by atoms with van der Waals surface area (Å²) in [6, 6.07) is 0.839. The maximum atomic E-state index is 12.7. The van der Waals surface area contributed by atoms with Gasteiger partial charge in [-0.2, -0.15) is 13.2 Å². The summed E-state index contributed by atoms with van der Waals surface area (Å²) < 4.78 is 38.1. The van der Waals surface area contributed by atoms with E-state index in [9.17, 15) is 18.0 Å². The molecule has 5 nitrogen and oxygen atoms in total. The summed E-state index contributed by atoms with van der Waals surface area (Å²) in [5.74, 6) is -1.51. The SMILES string of the molecule is NC(=O)C(O)CNc1ncc(Br)cc1C(F)(F)F. The fourth-order valence-corrected chi connectivity index (χ4v) is 1.42. The minimum atomic E-state index is -4.60. The van der Waals surface area contributed by atoms with Crippen molar-refractivity contribution in [1.82, 2.24) is 4.98 Å². The number of nitrogens with zero attached hydrogens (tertiary/aromatic N) is 1. The summed E-state index contributed by atoms with van der Waals surface area (Å²) in [6.45, 7) is -0.451. The van der Waals surface area contributed by atoms with Crippen LogP contribution in [0.4, 0.5) is 19.0 Å². The highest BCUT2D eigenvalue weighted by molar-refractivity contribution is 9.10. The van der Waals surface area contributed by atoms with Crippen LogP contribution < -0.4 is 11.1 Å². The molecule has 1 aromatic heterocycles. The molecule has 1 unspecified atom stereocenters. The number of carbonyl (C=O) groups excluding carboxylic acids is 1. The number of nitrogens with one attached hydrogen (secondary N) is 1. The van der Waals surface area contributed by atoms with Crippen LogP contribution in [0.25, 0.3) is 0 Å². The average molecular weight is 328 g/mol. The van der Waals surface area contributed by atoms with Crippen LogP contribution in [-0.4, -0.2) is 28.6 Å². The van der Waals surface area contributed by atoms with E-state index in [0.29, 0.717) is 0 Å². The molecule has 100 valence electrons. The van der Waals surface area contributed by atoms with E-state index in [4.69, 9.17) is 10.8 Å². The van der Waals surface area contributed by atoms with Gasteiger partial charge in [0.25, 0.3) is 0 Å². The molecule has 18 heavy (non-hydrogen) atoms. The average Bonchev–Trinajstić information content (AvgIpc) is 2.25. The topological polar surface area (TPSA) is 88.2 Å². The van der Waals surface area contributed by atoms with Gasteiger partial charge >= 0.3 is 6.18 Å². The van der Waals surface area contributed by atoms with E-state index < -0.39 is 36.1 Å². The maximum absolute atomic E-state index is 12.7. The monoisotopic (exact) mass is 327 g/mol. The summed E-state index contributed by atoms with van der Waals surface area (Å²) >= 11 is 2.88. The zero-order valence-electron chi connectivity index (χ0n) is 8.83. The van der Waals surface area contributed by atoms with E-state index in [-0.39, 0.29) is 4.47 Å². The van der Waals surface area contributed by atoms with Gasteiger partial charge in [-0.1, -0.05) is 0 Å². The smallest absolute Gasteiger partial charge is 0.381 e. The molecular weight excluding hydrogens is 319 g/mol. The first-order chi connectivity index (χ1) is 8.21. The van der Waals surface area contributed by atoms with Gasteiger partial charge in [0.05, 0.1) is 12.1 Å². The third kappa shape index (κ3) is 3.84. The van der Waals surface area contributed by atoms with Gasteiger partial charge in [0, 0.05) is 10.7 Å². The fourth-order valence-electron chi connectivity index (χ4n) is 1.09. The highest BCUT2D eigenvalue weighted by Gasteiger charge is 2.34. The number of hydrogen-bond donors (Lipinski definition) is 3. The minimum Gasteiger partial charge on any atom is -0.381 e. The van der Waals surface area contributed by atoms with Gasteiger partial charge < -0.3 is 16.2 Å². The predicted molar refractivity (Wildman–Crippen MR) is 60.6 cm³/mol. The summed E-state index contributed by atoms with van der Waals surface area (Å²) in [4.78, 5) is 14.1. The highest BCUT2D eigenvalue weighted by atomic mass is 79.9. The summed E-state index contributed by atoms with van der Waals surface area (Å²) in [5, 5.41) is 11.3. The number of aliphatic hydroxyl groups excluding tert-OH is 1. The highest BCUT2D eigenvalue weighted by Crippen LogP contribution is 2.35. The van der Waals surface area contributed by atoms with Crippen LogP contribution >= 0.6 is 15.9 Å². The number of nitrogens with two attached hydrogens (primary N) is 1. The molecule has 4 N–H and O–H groups in total. The Morgan fingerprint density at radius 1 is 1.61 bits per heavy atom. The molecule has 0 fully saturated rings. The molecule has 0 aliphatic carbocycles. The third-order valence-corrected chi connectivity index (χ3v) is 2.38. The van der Waals surface area contributed by atoms with Crippen LogP contribution in [0.5, 0.6) is 0 Å². The third-order valence-electron chi connectivity index (χ3n) is 1.95. The molecule has 0 saturated carbocycles. The van der Waals surface area contributed by atoms with Crippen LogP contribution in [0.2, 0.25) is 0 Å². The Hall–Kier alpha value is -1.35. The van der Waals surface area contributed by atoms with E-state index in [1.54, 1.807) is 0 Å². The van der Waals surface area contributed by atoms with Gasteiger partial charge in [-0.3, -0.25) is 4.79 Å². The molecule has 1 atom stereocenters. The summed E-state index contributed by atoms with van der Waals surface area (Å²) in [6.07, 6.45) is -5.03. The molecule has 0 bridgehead atoms. The van der Waals surface area contributed by atoms with Crippen LogP contribution in [0.1, 0.15) is 5.56 Å². The Labute approximate surface area is 108 Å². The van der Waals surface area contributed by atoms with Crippen molar-refractivity contribution in [3.05, 3.63) is 22.3 Å². The minimum absolute atomic E-state index is 0.163. The Morgan fingerprint density at radius 2 is 2.22 bits per heavy atom. The predicted octanol–water partition coefficient (Wildman–Crippen LogP) is 1.12. The van der Waals surface area contributed by atoms with E-state index >= 15 is 0 Å². The van der Waals surface area contributed by atoms with Crippen molar-refractivity contribution >= 4 is 27.7 Å². The summed E-state index contributed by atoms with van der Waals surface area (Å²) in [7, 11) is 0.